The van der Waals surface area contributed by atoms with Crippen LogP contribution in [0.4, 0.5) is 4.79 Å². The molecule has 0 bridgehead atoms. The lowest BCUT2D eigenvalue weighted by molar-refractivity contribution is -0.146. The number of hydrogen-bond acceptors (Lipinski definition) is 2. The monoisotopic (exact) mass is 268 g/mol. The van der Waals surface area contributed by atoms with Gasteiger partial charge in [-0.15, -0.1) is 0 Å². The molecule has 2 fully saturated rings. The van der Waals surface area contributed by atoms with E-state index in [0.29, 0.717) is 26.1 Å². The lowest BCUT2D eigenvalue weighted by atomic mass is 9.90. The molecular weight excluding hydrogens is 244 g/mol. The smallest absolute Gasteiger partial charge is 0.317 e. The van der Waals surface area contributed by atoms with E-state index in [9.17, 15) is 9.59 Å². The van der Waals surface area contributed by atoms with E-state index < -0.39 is 11.4 Å². The molecule has 2 amide bonds. The number of likely N-dealkylation sites (tertiary alicyclic amines) is 1. The normalized spacial score (nSPS) is 27.7. The molecule has 1 aliphatic carbocycles. The predicted molar refractivity (Wildman–Crippen MR) is 71.9 cm³/mol. The highest BCUT2D eigenvalue weighted by Gasteiger charge is 2.42. The molecule has 2 rings (SSSR count). The van der Waals surface area contributed by atoms with Gasteiger partial charge in [-0.2, -0.15) is 0 Å². The summed E-state index contributed by atoms with van der Waals surface area (Å²) in [6, 6.07) is -0.108. The number of rotatable bonds is 4. The topological polar surface area (TPSA) is 69.6 Å². The number of nitrogens with zero attached hydrogens (tertiary/aromatic N) is 1. The molecule has 5 heteroatoms. The molecule has 2 N–H and O–H groups in total. The third-order valence-corrected chi connectivity index (χ3v) is 4.58. The van der Waals surface area contributed by atoms with Crippen molar-refractivity contribution in [2.45, 2.75) is 45.4 Å². The molecule has 1 heterocycles. The zero-order valence-corrected chi connectivity index (χ0v) is 11.7. The molecule has 0 aromatic rings. The number of nitrogens with one attached hydrogen (secondary N) is 1. The van der Waals surface area contributed by atoms with Crippen LogP contribution in [0.25, 0.3) is 0 Å². The van der Waals surface area contributed by atoms with Gasteiger partial charge in [0, 0.05) is 19.6 Å². The average Bonchev–Trinajstić information content (AvgIpc) is 2.99. The molecule has 1 saturated carbocycles. The molecule has 2 aliphatic rings. The summed E-state index contributed by atoms with van der Waals surface area (Å²) >= 11 is 0. The molecule has 108 valence electrons. The van der Waals surface area contributed by atoms with Crippen LogP contribution in [0, 0.1) is 11.3 Å². The Morgan fingerprint density at radius 1 is 1.37 bits per heavy atom. The van der Waals surface area contributed by atoms with Gasteiger partial charge < -0.3 is 15.3 Å². The Bertz CT molecular complexity index is 353. The van der Waals surface area contributed by atoms with Crippen molar-refractivity contribution >= 4 is 12.0 Å². The van der Waals surface area contributed by atoms with Gasteiger partial charge in [-0.05, 0) is 25.7 Å². The van der Waals surface area contributed by atoms with E-state index in [1.54, 1.807) is 11.8 Å². The molecule has 5 nitrogen and oxygen atoms in total. The minimum atomic E-state index is -0.811. The van der Waals surface area contributed by atoms with Crippen LogP contribution >= 0.6 is 0 Å². The molecule has 0 radical (unpaired) electrons. The van der Waals surface area contributed by atoms with Crippen LogP contribution in [-0.2, 0) is 4.79 Å². The van der Waals surface area contributed by atoms with Crippen molar-refractivity contribution in [3.05, 3.63) is 0 Å². The second-order valence-corrected chi connectivity index (χ2v) is 6.21. The van der Waals surface area contributed by atoms with Crippen LogP contribution < -0.4 is 5.32 Å². The van der Waals surface area contributed by atoms with Gasteiger partial charge in [0.15, 0.2) is 0 Å². The van der Waals surface area contributed by atoms with E-state index in [4.69, 9.17) is 5.11 Å². The van der Waals surface area contributed by atoms with Gasteiger partial charge in [-0.3, -0.25) is 4.79 Å². The van der Waals surface area contributed by atoms with Crippen molar-refractivity contribution in [2.24, 2.45) is 11.3 Å². The Labute approximate surface area is 114 Å². The molecule has 19 heavy (non-hydrogen) atoms. The van der Waals surface area contributed by atoms with Gasteiger partial charge in [0.2, 0.25) is 0 Å². The van der Waals surface area contributed by atoms with Crippen molar-refractivity contribution in [1.29, 1.82) is 0 Å². The molecule has 1 saturated heterocycles. The maximum atomic E-state index is 12.0. The summed E-state index contributed by atoms with van der Waals surface area (Å²) in [7, 11) is 0. The Balaban J connectivity index is 1.70. The Hall–Kier alpha value is -1.26. The van der Waals surface area contributed by atoms with E-state index in [1.807, 2.05) is 0 Å². The molecule has 0 spiro atoms. The molecular formula is C14H24N2O3. The van der Waals surface area contributed by atoms with E-state index in [-0.39, 0.29) is 6.03 Å². The summed E-state index contributed by atoms with van der Waals surface area (Å²) in [6.07, 6.45) is 6.81. The van der Waals surface area contributed by atoms with Crippen LogP contribution in [-0.4, -0.2) is 41.6 Å². The number of carbonyl (C=O) groups excluding carboxylic acids is 1. The standard InChI is InChI=1S/C14H24N2O3/c1-14(12(17)18)7-9-16(10-14)13(19)15-8-6-11-4-2-3-5-11/h11H,2-10H2,1H3,(H,15,19)(H,17,18). The van der Waals surface area contributed by atoms with E-state index in [0.717, 1.165) is 12.3 Å². The van der Waals surface area contributed by atoms with E-state index in [1.165, 1.54) is 25.7 Å². The fraction of sp³-hybridized carbons (Fsp3) is 0.857. The lowest BCUT2D eigenvalue weighted by Gasteiger charge is -2.21. The van der Waals surface area contributed by atoms with Crippen molar-refractivity contribution in [2.75, 3.05) is 19.6 Å². The summed E-state index contributed by atoms with van der Waals surface area (Å²) < 4.78 is 0. The third kappa shape index (κ3) is 3.39. The Morgan fingerprint density at radius 3 is 2.63 bits per heavy atom. The zero-order chi connectivity index (χ0) is 13.9. The number of carbonyl (C=O) groups is 2. The van der Waals surface area contributed by atoms with Gasteiger partial charge >= 0.3 is 12.0 Å². The van der Waals surface area contributed by atoms with Gasteiger partial charge in [0.1, 0.15) is 0 Å². The summed E-state index contributed by atoms with van der Waals surface area (Å²) in [4.78, 5) is 24.7. The highest BCUT2D eigenvalue weighted by Crippen LogP contribution is 2.30. The van der Waals surface area contributed by atoms with Gasteiger partial charge in [0.05, 0.1) is 5.41 Å². The molecule has 1 atom stereocenters. The highest BCUT2D eigenvalue weighted by atomic mass is 16.4. The number of amides is 2. The zero-order valence-electron chi connectivity index (χ0n) is 11.7. The van der Waals surface area contributed by atoms with Crippen molar-refractivity contribution in [3.63, 3.8) is 0 Å². The summed E-state index contributed by atoms with van der Waals surface area (Å²) in [6.45, 7) is 3.28. The summed E-state index contributed by atoms with van der Waals surface area (Å²) in [5, 5.41) is 12.1. The largest absolute Gasteiger partial charge is 0.481 e. The van der Waals surface area contributed by atoms with Crippen LogP contribution in [0.2, 0.25) is 0 Å². The van der Waals surface area contributed by atoms with Gasteiger partial charge in [-0.25, -0.2) is 4.79 Å². The Kier molecular flexibility index (Phi) is 4.32. The predicted octanol–water partition coefficient (Wildman–Crippen LogP) is 2.07. The first-order chi connectivity index (χ1) is 9.01. The molecule has 1 unspecified atom stereocenters. The fourth-order valence-electron chi connectivity index (χ4n) is 3.10. The summed E-state index contributed by atoms with van der Waals surface area (Å²) in [5.41, 5.74) is -0.775. The SMILES string of the molecule is CC1(C(=O)O)CCN(C(=O)NCCC2CCCC2)C1. The van der Waals surface area contributed by atoms with Gasteiger partial charge in [-0.1, -0.05) is 25.7 Å². The molecule has 1 aliphatic heterocycles. The first-order valence-corrected chi connectivity index (χ1v) is 7.27. The quantitative estimate of drug-likeness (QED) is 0.820. The maximum Gasteiger partial charge on any atom is 0.317 e. The number of hydrogen-bond donors (Lipinski definition) is 2. The molecule has 0 aromatic carbocycles. The van der Waals surface area contributed by atoms with E-state index in [2.05, 4.69) is 5.32 Å². The third-order valence-electron chi connectivity index (χ3n) is 4.58. The van der Waals surface area contributed by atoms with Gasteiger partial charge in [0.25, 0.3) is 0 Å². The van der Waals surface area contributed by atoms with Crippen molar-refractivity contribution in [3.8, 4) is 0 Å². The first-order valence-electron chi connectivity index (χ1n) is 7.27. The number of aliphatic carboxylic acids is 1. The number of carboxylic acids is 1. The van der Waals surface area contributed by atoms with Crippen molar-refractivity contribution in [1.82, 2.24) is 10.2 Å². The maximum absolute atomic E-state index is 12.0. The summed E-state index contributed by atoms with van der Waals surface area (Å²) in [5.74, 6) is -0.0445. The van der Waals surface area contributed by atoms with Crippen LogP contribution in [0.15, 0.2) is 0 Å². The second-order valence-electron chi connectivity index (χ2n) is 6.21. The van der Waals surface area contributed by atoms with Crippen LogP contribution in [0.3, 0.4) is 0 Å². The highest BCUT2D eigenvalue weighted by molar-refractivity contribution is 5.79. The first kappa shape index (κ1) is 14.2. The number of urea groups is 1. The Morgan fingerprint density at radius 2 is 2.05 bits per heavy atom. The molecule has 0 aromatic heterocycles. The van der Waals surface area contributed by atoms with E-state index >= 15 is 0 Å². The number of carboxylic acid groups (broad SMARTS) is 1. The minimum absolute atomic E-state index is 0.108. The lowest BCUT2D eigenvalue weighted by Crippen LogP contribution is -2.41. The van der Waals surface area contributed by atoms with Crippen molar-refractivity contribution < 1.29 is 14.7 Å². The average molecular weight is 268 g/mol. The second kappa shape index (κ2) is 5.80. The van der Waals surface area contributed by atoms with Crippen LogP contribution in [0.5, 0.6) is 0 Å². The fourth-order valence-corrected chi connectivity index (χ4v) is 3.10. The van der Waals surface area contributed by atoms with Crippen LogP contribution in [0.1, 0.15) is 45.4 Å². The minimum Gasteiger partial charge on any atom is -0.481 e.